The van der Waals surface area contributed by atoms with E-state index in [9.17, 15) is 14.7 Å². The number of benzene rings is 3. The molecule has 31 heavy (non-hydrogen) atoms. The molecule has 4 aromatic rings. The fraction of sp³-hybridized carbons (Fsp3) is 0. The van der Waals surface area contributed by atoms with Crippen LogP contribution < -0.4 is 11.1 Å². The lowest BCUT2D eigenvalue weighted by Gasteiger charge is -2.14. The molecule has 10 heteroatoms. The Balaban J connectivity index is 1.96. The van der Waals surface area contributed by atoms with Gasteiger partial charge in [0.1, 0.15) is 0 Å². The van der Waals surface area contributed by atoms with Crippen LogP contribution in [-0.4, -0.2) is 26.5 Å². The van der Waals surface area contributed by atoms with Gasteiger partial charge in [-0.15, -0.1) is 0 Å². The number of hydrogen-bond donors (Lipinski definition) is 3. The number of primary amides is 1. The number of carbonyl (C=O) groups excluding carboxylic acids is 1. The van der Waals surface area contributed by atoms with Gasteiger partial charge < -0.3 is 16.2 Å². The largest absolute Gasteiger partial charge is 0.478 e. The highest BCUT2D eigenvalue weighted by Crippen LogP contribution is 2.36. The second kappa shape index (κ2) is 8.22. The monoisotopic (exact) mass is 518 g/mol. The van der Waals surface area contributed by atoms with Crippen molar-refractivity contribution < 1.29 is 14.7 Å². The number of carboxylic acid groups (broad SMARTS) is 1. The van der Waals surface area contributed by atoms with Gasteiger partial charge in [0, 0.05) is 10.0 Å². The number of aromatic carboxylic acids is 1. The lowest BCUT2D eigenvalue weighted by atomic mass is 10.2. The topological polar surface area (TPSA) is 110 Å². The molecule has 0 aliphatic heterocycles. The number of amides is 1. The van der Waals surface area contributed by atoms with Crippen LogP contribution in [0.15, 0.2) is 59.1 Å². The molecule has 1 aromatic heterocycles. The van der Waals surface area contributed by atoms with E-state index in [2.05, 4.69) is 26.2 Å². The first kappa shape index (κ1) is 21.2. The van der Waals surface area contributed by atoms with Crippen molar-refractivity contribution in [3.63, 3.8) is 0 Å². The first-order chi connectivity index (χ1) is 14.8. The van der Waals surface area contributed by atoms with Crippen LogP contribution in [0, 0.1) is 0 Å². The van der Waals surface area contributed by atoms with E-state index < -0.39 is 11.9 Å². The highest BCUT2D eigenvalue weighted by atomic mass is 79.9. The summed E-state index contributed by atoms with van der Waals surface area (Å²) in [5, 5.41) is 13.3. The Labute approximate surface area is 194 Å². The number of fused-ring (bicyclic) bond motifs is 1. The van der Waals surface area contributed by atoms with E-state index in [1.54, 1.807) is 47.0 Å². The van der Waals surface area contributed by atoms with Crippen LogP contribution in [0.4, 0.5) is 11.6 Å². The van der Waals surface area contributed by atoms with Gasteiger partial charge in [-0.25, -0.2) is 9.78 Å². The Kier molecular flexibility index (Phi) is 5.62. The number of carbonyl (C=O) groups is 2. The first-order valence-electron chi connectivity index (χ1n) is 8.83. The molecule has 7 nitrogen and oxygen atoms in total. The normalized spacial score (nSPS) is 10.9. The molecule has 0 atom stereocenters. The zero-order valence-corrected chi connectivity index (χ0v) is 18.7. The molecule has 0 unspecified atom stereocenters. The lowest BCUT2D eigenvalue weighted by Crippen LogP contribution is -2.11. The van der Waals surface area contributed by atoms with E-state index in [0.717, 1.165) is 0 Å². The summed E-state index contributed by atoms with van der Waals surface area (Å²) in [4.78, 5) is 27.5. The van der Waals surface area contributed by atoms with Crippen molar-refractivity contribution in [2.24, 2.45) is 5.73 Å². The van der Waals surface area contributed by atoms with E-state index in [1.165, 1.54) is 12.1 Å². The van der Waals surface area contributed by atoms with Crippen molar-refractivity contribution in [3.8, 4) is 5.69 Å². The number of nitrogens with zero attached hydrogens (tertiary/aromatic N) is 2. The number of imidazole rings is 1. The molecule has 4 rings (SSSR count). The van der Waals surface area contributed by atoms with Gasteiger partial charge in [0.25, 0.3) is 0 Å². The Hall–Kier alpha value is -3.07. The van der Waals surface area contributed by atoms with Crippen molar-refractivity contribution in [1.29, 1.82) is 0 Å². The molecule has 1 heterocycles. The number of carboxylic acids is 1. The molecule has 3 aromatic carbocycles. The van der Waals surface area contributed by atoms with Crippen LogP contribution in [0.1, 0.15) is 20.7 Å². The number of nitrogens with one attached hydrogen (secondary N) is 1. The fourth-order valence-corrected chi connectivity index (χ4v) is 4.16. The van der Waals surface area contributed by atoms with Crippen LogP contribution >= 0.6 is 39.1 Å². The maximum atomic E-state index is 11.5. The molecule has 0 saturated carbocycles. The van der Waals surface area contributed by atoms with Gasteiger partial charge in [-0.3, -0.25) is 9.36 Å². The molecular formula is C21H13BrCl2N4O3. The molecule has 0 aliphatic carbocycles. The quantitative estimate of drug-likeness (QED) is 0.316. The minimum absolute atomic E-state index is 0.0996. The Bertz CT molecular complexity index is 1350. The summed E-state index contributed by atoms with van der Waals surface area (Å²) in [6.45, 7) is 0. The molecule has 0 aliphatic rings. The van der Waals surface area contributed by atoms with Gasteiger partial charge in [-0.05, 0) is 64.5 Å². The number of halogens is 3. The Morgan fingerprint density at radius 3 is 2.32 bits per heavy atom. The summed E-state index contributed by atoms with van der Waals surface area (Å²) < 4.78 is 2.34. The highest BCUT2D eigenvalue weighted by molar-refractivity contribution is 9.10. The van der Waals surface area contributed by atoms with Crippen molar-refractivity contribution in [3.05, 3.63) is 80.2 Å². The standard InChI is InChI=1S/C21H13BrCl2N4O3/c22-12-8-10(19(25)29)4-6-16(12)28-17-7-5-11(20(30)31)9-15(17)26-21(28)27-18-13(23)2-1-3-14(18)24/h1-9H,(H2,25,29)(H,26,27)(H,30,31). The third-order valence-electron chi connectivity index (χ3n) is 4.57. The van der Waals surface area contributed by atoms with E-state index in [-0.39, 0.29) is 5.56 Å². The van der Waals surface area contributed by atoms with Crippen LogP contribution in [0.5, 0.6) is 0 Å². The van der Waals surface area contributed by atoms with E-state index >= 15 is 0 Å². The molecule has 0 bridgehead atoms. The van der Waals surface area contributed by atoms with Gasteiger partial charge >= 0.3 is 5.97 Å². The summed E-state index contributed by atoms with van der Waals surface area (Å²) in [5.74, 6) is -1.28. The molecule has 0 saturated heterocycles. The molecule has 0 radical (unpaired) electrons. The third kappa shape index (κ3) is 3.97. The SMILES string of the molecule is NC(=O)c1ccc(-n2c(Nc3c(Cl)cccc3Cl)nc3cc(C(=O)O)ccc32)c(Br)c1. The lowest BCUT2D eigenvalue weighted by molar-refractivity contribution is 0.0696. The summed E-state index contributed by atoms with van der Waals surface area (Å²) in [6.07, 6.45) is 0. The minimum atomic E-state index is -1.06. The number of aromatic nitrogens is 2. The van der Waals surface area contributed by atoms with Crippen LogP contribution in [0.25, 0.3) is 16.7 Å². The molecule has 0 spiro atoms. The average Bonchev–Trinajstić information content (AvgIpc) is 3.07. The number of para-hydroxylation sites is 1. The van der Waals surface area contributed by atoms with Crippen LogP contribution in [0.3, 0.4) is 0 Å². The molecule has 4 N–H and O–H groups in total. The van der Waals surface area contributed by atoms with Crippen molar-refractivity contribution in [2.75, 3.05) is 5.32 Å². The number of hydrogen-bond acceptors (Lipinski definition) is 4. The first-order valence-corrected chi connectivity index (χ1v) is 10.4. The van der Waals surface area contributed by atoms with Gasteiger partial charge in [0.15, 0.2) is 0 Å². The van der Waals surface area contributed by atoms with E-state index in [0.29, 0.717) is 48.4 Å². The Morgan fingerprint density at radius 2 is 1.71 bits per heavy atom. The number of anilines is 2. The third-order valence-corrected chi connectivity index (χ3v) is 5.84. The van der Waals surface area contributed by atoms with Gasteiger partial charge in [0.05, 0.1) is 38.0 Å². The fourth-order valence-electron chi connectivity index (χ4n) is 3.11. The predicted octanol–water partition coefficient (Wildman–Crippen LogP) is 5.64. The summed E-state index contributed by atoms with van der Waals surface area (Å²) in [7, 11) is 0. The maximum Gasteiger partial charge on any atom is 0.335 e. The van der Waals surface area contributed by atoms with Crippen molar-refractivity contribution >= 4 is 73.7 Å². The zero-order chi connectivity index (χ0) is 22.3. The summed E-state index contributed by atoms with van der Waals surface area (Å²) in [5.41, 5.74) is 7.97. The van der Waals surface area contributed by atoms with Gasteiger partial charge in [-0.1, -0.05) is 29.3 Å². The Morgan fingerprint density at radius 1 is 1.03 bits per heavy atom. The van der Waals surface area contributed by atoms with Crippen molar-refractivity contribution in [1.82, 2.24) is 9.55 Å². The van der Waals surface area contributed by atoms with Crippen LogP contribution in [-0.2, 0) is 0 Å². The van der Waals surface area contributed by atoms with Crippen molar-refractivity contribution in [2.45, 2.75) is 0 Å². The number of nitrogens with two attached hydrogens (primary N) is 1. The second-order valence-electron chi connectivity index (χ2n) is 6.53. The predicted molar refractivity (Wildman–Crippen MR) is 124 cm³/mol. The van der Waals surface area contributed by atoms with Gasteiger partial charge in [-0.2, -0.15) is 0 Å². The smallest absolute Gasteiger partial charge is 0.335 e. The molecule has 0 fully saturated rings. The minimum Gasteiger partial charge on any atom is -0.478 e. The van der Waals surface area contributed by atoms with E-state index in [1.807, 2.05) is 0 Å². The molecule has 156 valence electrons. The molecular weight excluding hydrogens is 507 g/mol. The van der Waals surface area contributed by atoms with E-state index in [4.69, 9.17) is 28.9 Å². The second-order valence-corrected chi connectivity index (χ2v) is 8.20. The summed E-state index contributed by atoms with van der Waals surface area (Å²) in [6, 6.07) is 14.6. The zero-order valence-electron chi connectivity index (χ0n) is 15.6. The highest BCUT2D eigenvalue weighted by Gasteiger charge is 2.19. The average molecular weight is 520 g/mol. The number of rotatable bonds is 5. The molecule has 1 amide bonds. The van der Waals surface area contributed by atoms with Crippen LogP contribution in [0.2, 0.25) is 10.0 Å². The summed E-state index contributed by atoms with van der Waals surface area (Å²) >= 11 is 16.1. The van der Waals surface area contributed by atoms with Gasteiger partial charge in [0.2, 0.25) is 11.9 Å². The maximum absolute atomic E-state index is 11.5.